The molecule has 2 saturated heterocycles. The van der Waals surface area contributed by atoms with Crippen LogP contribution in [0, 0.1) is 0 Å². The molecule has 2 N–H and O–H groups in total. The summed E-state index contributed by atoms with van der Waals surface area (Å²) in [5.74, 6) is 0. The number of amides is 2. The first-order valence-corrected chi connectivity index (χ1v) is 6.97. The molecule has 0 saturated carbocycles. The van der Waals surface area contributed by atoms with Gasteiger partial charge in [-0.1, -0.05) is 13.2 Å². The highest BCUT2D eigenvalue weighted by Crippen LogP contribution is 2.12. The highest BCUT2D eigenvalue weighted by atomic mass is 16.5. The topological polar surface area (TPSA) is 62.8 Å². The summed E-state index contributed by atoms with van der Waals surface area (Å²) in [7, 11) is 0. The molecule has 2 aliphatic heterocycles. The zero-order valence-corrected chi connectivity index (χ0v) is 11.8. The summed E-state index contributed by atoms with van der Waals surface area (Å²) in [5, 5.41) is 6.20. The standard InChI is InChI=1S/C14H23N3O3/c1-11(12(2)13-10-20-6-3-15-13)9-16-14(18)17-4-7-19-8-5-17/h13,15H,1-10H2,(H,16,18)/t13-/m0/s1. The van der Waals surface area contributed by atoms with E-state index in [0.29, 0.717) is 39.5 Å². The summed E-state index contributed by atoms with van der Waals surface area (Å²) in [6.07, 6.45) is 0. The number of rotatable bonds is 4. The van der Waals surface area contributed by atoms with Gasteiger partial charge >= 0.3 is 6.03 Å². The van der Waals surface area contributed by atoms with Crippen LogP contribution in [-0.2, 0) is 9.47 Å². The molecule has 0 aromatic heterocycles. The predicted octanol–water partition coefficient (Wildman–Crippen LogP) is 0.129. The molecule has 2 aliphatic rings. The van der Waals surface area contributed by atoms with E-state index >= 15 is 0 Å². The zero-order chi connectivity index (χ0) is 14.4. The maximum Gasteiger partial charge on any atom is 0.317 e. The summed E-state index contributed by atoms with van der Waals surface area (Å²) in [4.78, 5) is 13.7. The quantitative estimate of drug-likeness (QED) is 0.719. The lowest BCUT2D eigenvalue weighted by Gasteiger charge is -2.29. The number of urea groups is 1. The molecule has 0 radical (unpaired) electrons. The van der Waals surface area contributed by atoms with Crippen molar-refractivity contribution in [2.24, 2.45) is 0 Å². The first-order chi connectivity index (χ1) is 9.68. The number of hydrogen-bond acceptors (Lipinski definition) is 4. The van der Waals surface area contributed by atoms with Crippen molar-refractivity contribution in [3.05, 3.63) is 24.3 Å². The van der Waals surface area contributed by atoms with Crippen molar-refractivity contribution in [3.63, 3.8) is 0 Å². The Balaban J connectivity index is 1.73. The second kappa shape index (κ2) is 7.42. The van der Waals surface area contributed by atoms with E-state index in [2.05, 4.69) is 23.8 Å². The molecule has 0 bridgehead atoms. The number of ether oxygens (including phenoxy) is 2. The van der Waals surface area contributed by atoms with E-state index in [1.54, 1.807) is 4.90 Å². The van der Waals surface area contributed by atoms with Crippen LogP contribution in [0.5, 0.6) is 0 Å². The summed E-state index contributed by atoms with van der Waals surface area (Å²) >= 11 is 0. The lowest BCUT2D eigenvalue weighted by molar-refractivity contribution is 0.0534. The average Bonchev–Trinajstić information content (AvgIpc) is 2.53. The average molecular weight is 281 g/mol. The molecular formula is C14H23N3O3. The molecule has 2 amide bonds. The Morgan fingerprint density at radius 2 is 2.00 bits per heavy atom. The summed E-state index contributed by atoms with van der Waals surface area (Å²) in [6, 6.07) is 0.0200. The number of nitrogens with one attached hydrogen (secondary N) is 2. The van der Waals surface area contributed by atoms with Crippen LogP contribution in [0.3, 0.4) is 0 Å². The van der Waals surface area contributed by atoms with Crippen LogP contribution in [0.25, 0.3) is 0 Å². The van der Waals surface area contributed by atoms with Gasteiger partial charge in [-0.15, -0.1) is 0 Å². The summed E-state index contributed by atoms with van der Waals surface area (Å²) < 4.78 is 10.6. The molecule has 0 aliphatic carbocycles. The number of morpholine rings is 2. The smallest absolute Gasteiger partial charge is 0.317 e. The normalized spacial score (nSPS) is 23.2. The second-order valence-corrected chi connectivity index (χ2v) is 4.97. The molecular weight excluding hydrogens is 258 g/mol. The minimum Gasteiger partial charge on any atom is -0.378 e. The maximum absolute atomic E-state index is 11.9. The predicted molar refractivity (Wildman–Crippen MR) is 76.7 cm³/mol. The van der Waals surface area contributed by atoms with E-state index in [9.17, 15) is 4.79 Å². The van der Waals surface area contributed by atoms with Gasteiger partial charge in [0.05, 0.1) is 32.5 Å². The van der Waals surface area contributed by atoms with Crippen LogP contribution in [0.2, 0.25) is 0 Å². The molecule has 6 heteroatoms. The third kappa shape index (κ3) is 4.06. The summed E-state index contributed by atoms with van der Waals surface area (Å²) in [6.45, 7) is 13.1. The first-order valence-electron chi connectivity index (χ1n) is 6.97. The van der Waals surface area contributed by atoms with E-state index in [1.165, 1.54) is 0 Å². The van der Waals surface area contributed by atoms with E-state index in [1.807, 2.05) is 0 Å². The Hall–Kier alpha value is -1.37. The molecule has 112 valence electrons. The van der Waals surface area contributed by atoms with Gasteiger partial charge in [-0.05, 0) is 11.1 Å². The zero-order valence-electron chi connectivity index (χ0n) is 11.8. The Morgan fingerprint density at radius 1 is 1.25 bits per heavy atom. The van der Waals surface area contributed by atoms with Crippen molar-refractivity contribution in [2.45, 2.75) is 6.04 Å². The van der Waals surface area contributed by atoms with E-state index in [0.717, 1.165) is 24.3 Å². The molecule has 20 heavy (non-hydrogen) atoms. The lowest BCUT2D eigenvalue weighted by Crippen LogP contribution is -2.47. The third-order valence-electron chi connectivity index (χ3n) is 3.55. The molecule has 2 fully saturated rings. The van der Waals surface area contributed by atoms with Crippen LogP contribution < -0.4 is 10.6 Å². The van der Waals surface area contributed by atoms with Crippen LogP contribution in [0.4, 0.5) is 4.79 Å². The fraction of sp³-hybridized carbons (Fsp3) is 0.643. The number of hydrogen-bond donors (Lipinski definition) is 2. The van der Waals surface area contributed by atoms with Crippen LogP contribution in [-0.4, -0.2) is 69.6 Å². The first kappa shape index (κ1) is 15.0. The largest absolute Gasteiger partial charge is 0.378 e. The molecule has 2 rings (SSSR count). The van der Waals surface area contributed by atoms with Crippen molar-refractivity contribution >= 4 is 6.03 Å². The number of carbonyl (C=O) groups is 1. The fourth-order valence-electron chi connectivity index (χ4n) is 2.21. The van der Waals surface area contributed by atoms with Crippen LogP contribution in [0.1, 0.15) is 0 Å². The van der Waals surface area contributed by atoms with E-state index in [-0.39, 0.29) is 12.1 Å². The van der Waals surface area contributed by atoms with Gasteiger partial charge in [0.15, 0.2) is 0 Å². The van der Waals surface area contributed by atoms with Gasteiger partial charge in [-0.3, -0.25) is 0 Å². The highest BCUT2D eigenvalue weighted by molar-refractivity contribution is 5.74. The van der Waals surface area contributed by atoms with Crippen molar-refractivity contribution < 1.29 is 14.3 Å². The molecule has 0 spiro atoms. The lowest BCUT2D eigenvalue weighted by atomic mass is 10.0. The van der Waals surface area contributed by atoms with Gasteiger partial charge < -0.3 is 25.0 Å². The Labute approximate surface area is 119 Å². The second-order valence-electron chi connectivity index (χ2n) is 4.97. The fourth-order valence-corrected chi connectivity index (χ4v) is 2.21. The van der Waals surface area contributed by atoms with E-state index in [4.69, 9.17) is 9.47 Å². The SMILES string of the molecule is C=C(CNC(=O)N1CCOCC1)C(=C)[C@@H]1COCCN1. The third-order valence-corrected chi connectivity index (χ3v) is 3.55. The van der Waals surface area contributed by atoms with Gasteiger partial charge in [0.2, 0.25) is 0 Å². The minimum atomic E-state index is -0.0740. The van der Waals surface area contributed by atoms with Gasteiger partial charge in [-0.2, -0.15) is 0 Å². The molecule has 0 unspecified atom stereocenters. The van der Waals surface area contributed by atoms with Gasteiger partial charge in [0.1, 0.15) is 0 Å². The molecule has 0 aromatic carbocycles. The number of carbonyl (C=O) groups excluding carboxylic acids is 1. The van der Waals surface area contributed by atoms with Crippen LogP contribution in [0.15, 0.2) is 24.3 Å². The van der Waals surface area contributed by atoms with E-state index < -0.39 is 0 Å². The monoisotopic (exact) mass is 281 g/mol. The maximum atomic E-state index is 11.9. The molecule has 6 nitrogen and oxygen atoms in total. The molecule has 0 aromatic rings. The Morgan fingerprint density at radius 3 is 2.65 bits per heavy atom. The van der Waals surface area contributed by atoms with Gasteiger partial charge in [-0.25, -0.2) is 4.79 Å². The van der Waals surface area contributed by atoms with Crippen molar-refractivity contribution in [1.82, 2.24) is 15.5 Å². The number of nitrogens with zero attached hydrogens (tertiary/aromatic N) is 1. The highest BCUT2D eigenvalue weighted by Gasteiger charge is 2.20. The molecule has 1 atom stereocenters. The molecule has 2 heterocycles. The Bertz CT molecular complexity index is 372. The summed E-state index contributed by atoms with van der Waals surface area (Å²) in [5.41, 5.74) is 1.72. The van der Waals surface area contributed by atoms with Crippen molar-refractivity contribution in [3.8, 4) is 0 Å². The minimum absolute atomic E-state index is 0.0740. The van der Waals surface area contributed by atoms with Gasteiger partial charge in [0, 0.05) is 26.2 Å². The van der Waals surface area contributed by atoms with Crippen molar-refractivity contribution in [2.75, 3.05) is 52.6 Å². The van der Waals surface area contributed by atoms with Crippen molar-refractivity contribution in [1.29, 1.82) is 0 Å². The van der Waals surface area contributed by atoms with Gasteiger partial charge in [0.25, 0.3) is 0 Å². The Kier molecular flexibility index (Phi) is 5.58. The van der Waals surface area contributed by atoms with Crippen LogP contribution >= 0.6 is 0 Å².